The molecule has 2 aromatic heterocycles. The van der Waals surface area contributed by atoms with E-state index < -0.39 is 0 Å². The molecule has 0 aromatic carbocycles. The van der Waals surface area contributed by atoms with E-state index in [1.165, 1.54) is 25.1 Å². The van der Waals surface area contributed by atoms with Crippen molar-refractivity contribution in [3.63, 3.8) is 0 Å². The summed E-state index contributed by atoms with van der Waals surface area (Å²) in [6, 6.07) is 4.43. The fraction of sp³-hybridized carbons (Fsp3) is 0.647. The zero-order valence-corrected chi connectivity index (χ0v) is 13.0. The van der Waals surface area contributed by atoms with Crippen molar-refractivity contribution in [2.24, 2.45) is 5.92 Å². The molecule has 0 saturated carbocycles. The molecule has 0 radical (unpaired) electrons. The minimum Gasteiger partial charge on any atom is -0.381 e. The van der Waals surface area contributed by atoms with Gasteiger partial charge in [0.05, 0.1) is 6.04 Å². The van der Waals surface area contributed by atoms with Crippen LogP contribution in [0, 0.1) is 5.92 Å². The van der Waals surface area contributed by atoms with Crippen molar-refractivity contribution in [3.05, 3.63) is 24.2 Å². The summed E-state index contributed by atoms with van der Waals surface area (Å²) in [6.07, 6.45) is 7.90. The first-order valence-corrected chi connectivity index (χ1v) is 8.54. The van der Waals surface area contributed by atoms with Crippen molar-refractivity contribution >= 4 is 11.2 Å². The molecule has 1 unspecified atom stereocenters. The second-order valence-electron chi connectivity index (χ2n) is 6.48. The molecule has 0 aliphatic carbocycles. The van der Waals surface area contributed by atoms with Gasteiger partial charge in [0.1, 0.15) is 11.3 Å². The molecule has 2 saturated heterocycles. The smallest absolute Gasteiger partial charge is 0.160 e. The zero-order valence-electron chi connectivity index (χ0n) is 13.0. The summed E-state index contributed by atoms with van der Waals surface area (Å²) < 4.78 is 7.87. The Bertz CT molecular complexity index is 627. The van der Waals surface area contributed by atoms with Crippen LogP contribution >= 0.6 is 0 Å². The topological polar surface area (TPSA) is 52.0 Å². The number of piperidine rings is 1. The van der Waals surface area contributed by atoms with Gasteiger partial charge in [-0.15, -0.1) is 0 Å². The van der Waals surface area contributed by atoms with Crippen molar-refractivity contribution in [1.82, 2.24) is 19.9 Å². The van der Waals surface area contributed by atoms with Gasteiger partial charge in [0.25, 0.3) is 0 Å². The lowest BCUT2D eigenvalue weighted by Gasteiger charge is -2.27. The Kier molecular flexibility index (Phi) is 4.08. The maximum Gasteiger partial charge on any atom is 0.160 e. The van der Waals surface area contributed by atoms with Gasteiger partial charge in [-0.25, -0.2) is 9.97 Å². The van der Waals surface area contributed by atoms with Crippen LogP contribution in [0.5, 0.6) is 0 Å². The molecule has 0 amide bonds. The van der Waals surface area contributed by atoms with Crippen LogP contribution in [0.15, 0.2) is 18.3 Å². The first-order valence-electron chi connectivity index (χ1n) is 8.54. The van der Waals surface area contributed by atoms with Crippen LogP contribution in [0.4, 0.5) is 0 Å². The normalized spacial score (nSPS) is 23.9. The molecule has 0 spiro atoms. The Balaban J connectivity index is 1.69. The molecule has 4 heterocycles. The van der Waals surface area contributed by atoms with Crippen molar-refractivity contribution in [3.8, 4) is 0 Å². The largest absolute Gasteiger partial charge is 0.381 e. The average Bonchev–Trinajstić information content (AvgIpc) is 2.95. The summed E-state index contributed by atoms with van der Waals surface area (Å²) in [5.41, 5.74) is 2.06. The fourth-order valence-corrected chi connectivity index (χ4v) is 3.68. The van der Waals surface area contributed by atoms with Crippen LogP contribution in [-0.4, -0.2) is 34.3 Å². The van der Waals surface area contributed by atoms with Gasteiger partial charge in [0, 0.05) is 26.0 Å². The molecule has 1 atom stereocenters. The maximum absolute atomic E-state index is 5.50. The third kappa shape index (κ3) is 2.75. The molecule has 2 aromatic rings. The number of hydrogen-bond donors (Lipinski definition) is 1. The van der Waals surface area contributed by atoms with Gasteiger partial charge in [-0.3, -0.25) is 0 Å². The van der Waals surface area contributed by atoms with Gasteiger partial charge in [0.15, 0.2) is 5.65 Å². The van der Waals surface area contributed by atoms with E-state index >= 15 is 0 Å². The number of hydrogen-bond acceptors (Lipinski definition) is 4. The van der Waals surface area contributed by atoms with Gasteiger partial charge in [-0.2, -0.15) is 0 Å². The number of ether oxygens (including phenoxy) is 1. The number of aromatic nitrogens is 3. The molecule has 5 nitrogen and oxygen atoms in total. The Hall–Kier alpha value is -1.46. The summed E-state index contributed by atoms with van der Waals surface area (Å²) in [5.74, 6) is 1.86. The molecular weight excluding hydrogens is 276 g/mol. The van der Waals surface area contributed by atoms with Crippen LogP contribution in [-0.2, 0) is 11.3 Å². The van der Waals surface area contributed by atoms with E-state index in [9.17, 15) is 0 Å². The highest BCUT2D eigenvalue weighted by Crippen LogP contribution is 2.28. The number of nitrogens with zero attached hydrogens (tertiary/aromatic N) is 3. The van der Waals surface area contributed by atoms with Crippen molar-refractivity contribution in [2.75, 3.05) is 19.8 Å². The van der Waals surface area contributed by atoms with Crippen LogP contribution in [0.1, 0.15) is 44.0 Å². The number of fused-ring (bicyclic) bond motifs is 1. The Morgan fingerprint density at radius 3 is 2.95 bits per heavy atom. The van der Waals surface area contributed by atoms with E-state index in [-0.39, 0.29) is 0 Å². The Morgan fingerprint density at radius 1 is 1.23 bits per heavy atom. The first kappa shape index (κ1) is 14.2. The standard InChI is InChI=1S/C17H24N4O/c1-2-8-18-14(4-1)17-20-15-5-3-9-19-16(15)21(17)12-13-6-10-22-11-7-13/h3,5,9,13-14,18H,1-2,4,6-8,10-12H2. The lowest BCUT2D eigenvalue weighted by atomic mass is 9.99. The van der Waals surface area contributed by atoms with Crippen LogP contribution in [0.25, 0.3) is 11.2 Å². The minimum atomic E-state index is 0.378. The third-order valence-corrected chi connectivity index (χ3v) is 4.94. The van der Waals surface area contributed by atoms with Gasteiger partial charge < -0.3 is 14.6 Å². The summed E-state index contributed by atoms with van der Waals surface area (Å²) in [5, 5.41) is 3.64. The minimum absolute atomic E-state index is 0.378. The highest BCUT2D eigenvalue weighted by atomic mass is 16.5. The van der Waals surface area contributed by atoms with E-state index in [0.29, 0.717) is 12.0 Å². The predicted molar refractivity (Wildman–Crippen MR) is 85.7 cm³/mol. The number of pyridine rings is 1. The van der Waals surface area contributed by atoms with E-state index in [2.05, 4.69) is 20.9 Å². The molecule has 5 heteroatoms. The second kappa shape index (κ2) is 6.34. The molecule has 4 rings (SSSR count). The van der Waals surface area contributed by atoms with Crippen molar-refractivity contribution in [2.45, 2.75) is 44.7 Å². The van der Waals surface area contributed by atoms with E-state index in [4.69, 9.17) is 9.72 Å². The third-order valence-electron chi connectivity index (χ3n) is 4.94. The SMILES string of the molecule is c1cnc2c(c1)nc(C1CCCCN1)n2CC1CCOCC1. The molecule has 2 fully saturated rings. The summed E-state index contributed by atoms with van der Waals surface area (Å²) >= 11 is 0. The summed E-state index contributed by atoms with van der Waals surface area (Å²) in [7, 11) is 0. The quantitative estimate of drug-likeness (QED) is 0.947. The molecule has 2 aliphatic rings. The van der Waals surface area contributed by atoms with Gasteiger partial charge >= 0.3 is 0 Å². The average molecular weight is 300 g/mol. The second-order valence-corrected chi connectivity index (χ2v) is 6.48. The van der Waals surface area contributed by atoms with Gasteiger partial charge in [-0.05, 0) is 50.3 Å². The van der Waals surface area contributed by atoms with Crippen LogP contribution in [0.2, 0.25) is 0 Å². The maximum atomic E-state index is 5.50. The van der Waals surface area contributed by atoms with E-state index in [1.54, 1.807) is 0 Å². The lowest BCUT2D eigenvalue weighted by Crippen LogP contribution is -2.30. The molecular formula is C17H24N4O. The monoisotopic (exact) mass is 300 g/mol. The van der Waals surface area contributed by atoms with Crippen molar-refractivity contribution in [1.29, 1.82) is 0 Å². The van der Waals surface area contributed by atoms with E-state index in [0.717, 1.165) is 50.3 Å². The highest BCUT2D eigenvalue weighted by Gasteiger charge is 2.24. The predicted octanol–water partition coefficient (Wildman–Crippen LogP) is 2.67. The van der Waals surface area contributed by atoms with E-state index in [1.807, 2.05) is 12.3 Å². The molecule has 0 bridgehead atoms. The van der Waals surface area contributed by atoms with Crippen LogP contribution in [0.3, 0.4) is 0 Å². The highest BCUT2D eigenvalue weighted by molar-refractivity contribution is 5.71. The number of imidazole rings is 1. The first-order chi connectivity index (χ1) is 10.9. The molecule has 22 heavy (non-hydrogen) atoms. The number of nitrogens with one attached hydrogen (secondary N) is 1. The fourth-order valence-electron chi connectivity index (χ4n) is 3.68. The van der Waals surface area contributed by atoms with Crippen molar-refractivity contribution < 1.29 is 4.74 Å². The summed E-state index contributed by atoms with van der Waals surface area (Å²) in [4.78, 5) is 9.51. The van der Waals surface area contributed by atoms with Gasteiger partial charge in [0.2, 0.25) is 0 Å². The number of rotatable bonds is 3. The molecule has 1 N–H and O–H groups in total. The Labute approximate surface area is 131 Å². The van der Waals surface area contributed by atoms with Gasteiger partial charge in [-0.1, -0.05) is 6.42 Å². The Morgan fingerprint density at radius 2 is 2.14 bits per heavy atom. The molecule has 2 aliphatic heterocycles. The lowest BCUT2D eigenvalue weighted by molar-refractivity contribution is 0.0611. The molecule has 118 valence electrons. The zero-order chi connectivity index (χ0) is 14.8. The van der Waals surface area contributed by atoms with Crippen LogP contribution < -0.4 is 5.32 Å². The summed E-state index contributed by atoms with van der Waals surface area (Å²) in [6.45, 7) is 3.90.